The molecular weight excluding hydrogens is 374 g/mol. The number of amides is 1. The molecule has 1 aromatic rings. The van der Waals surface area contributed by atoms with Gasteiger partial charge in [-0.05, 0) is 57.1 Å². The van der Waals surface area contributed by atoms with E-state index in [0.29, 0.717) is 13.2 Å². The van der Waals surface area contributed by atoms with Crippen molar-refractivity contribution in [1.82, 2.24) is 5.32 Å². The molecule has 156 valence electrons. The molecule has 0 radical (unpaired) electrons. The Labute approximate surface area is 172 Å². The number of unbranched alkanes of at least 4 members (excludes halogenated alkanes) is 1. The van der Waals surface area contributed by atoms with Crippen LogP contribution in [0, 0.1) is 0 Å². The van der Waals surface area contributed by atoms with Crippen molar-refractivity contribution in [2.24, 2.45) is 0 Å². The fraction of sp³-hybridized carbons (Fsp3) is 0.636. The van der Waals surface area contributed by atoms with Crippen molar-refractivity contribution in [3.8, 4) is 0 Å². The first-order valence-electron chi connectivity index (χ1n) is 9.98. The van der Waals surface area contributed by atoms with E-state index >= 15 is 0 Å². The number of benzene rings is 1. The predicted molar refractivity (Wildman–Crippen MR) is 113 cm³/mol. The van der Waals surface area contributed by atoms with Crippen LogP contribution >= 0.6 is 11.8 Å². The average Bonchev–Trinajstić information content (AvgIpc) is 2.62. The highest BCUT2D eigenvalue weighted by atomic mass is 32.2. The Balaban J connectivity index is 1.83. The quantitative estimate of drug-likeness (QED) is 0.630. The van der Waals surface area contributed by atoms with Crippen LogP contribution in [0.2, 0.25) is 0 Å². The summed E-state index contributed by atoms with van der Waals surface area (Å²) < 4.78 is 11.6. The Kier molecular flexibility index (Phi) is 8.53. The van der Waals surface area contributed by atoms with E-state index in [2.05, 4.69) is 29.6 Å². The van der Waals surface area contributed by atoms with Gasteiger partial charge in [-0.15, -0.1) is 0 Å². The maximum absolute atomic E-state index is 11.7. The van der Waals surface area contributed by atoms with Crippen LogP contribution in [-0.4, -0.2) is 41.3 Å². The molecule has 6 heteroatoms. The Morgan fingerprint density at radius 3 is 2.11 bits per heavy atom. The van der Waals surface area contributed by atoms with Crippen LogP contribution in [0.25, 0.3) is 0 Å². The van der Waals surface area contributed by atoms with Gasteiger partial charge in [0, 0.05) is 19.6 Å². The summed E-state index contributed by atoms with van der Waals surface area (Å²) in [6.07, 6.45) is 4.80. The number of nitrogens with one attached hydrogen (secondary N) is 1. The zero-order valence-corrected chi connectivity index (χ0v) is 18.3. The molecule has 0 saturated carbocycles. The van der Waals surface area contributed by atoms with E-state index in [4.69, 9.17) is 9.47 Å². The third kappa shape index (κ3) is 7.94. The minimum atomic E-state index is -0.605. The highest BCUT2D eigenvalue weighted by molar-refractivity contribution is 8.13. The first kappa shape index (κ1) is 22.9. The molecule has 1 fully saturated rings. The van der Waals surface area contributed by atoms with Crippen LogP contribution in [0.15, 0.2) is 24.3 Å². The minimum absolute atomic E-state index is 0.0646. The number of rotatable bonds is 9. The summed E-state index contributed by atoms with van der Waals surface area (Å²) in [6.45, 7) is 7.84. The second kappa shape index (κ2) is 10.4. The molecule has 2 rings (SSSR count). The molecule has 1 heterocycles. The van der Waals surface area contributed by atoms with Gasteiger partial charge in [0.25, 0.3) is 0 Å². The molecule has 0 aromatic heterocycles. The van der Waals surface area contributed by atoms with Gasteiger partial charge in [-0.2, -0.15) is 0 Å². The van der Waals surface area contributed by atoms with Gasteiger partial charge in [0.2, 0.25) is 5.91 Å². The molecule has 1 aromatic carbocycles. The van der Waals surface area contributed by atoms with E-state index in [1.165, 1.54) is 29.8 Å². The van der Waals surface area contributed by atoms with Crippen LogP contribution in [0.1, 0.15) is 58.1 Å². The van der Waals surface area contributed by atoms with Crippen molar-refractivity contribution in [3.63, 3.8) is 0 Å². The molecule has 1 aliphatic rings. The smallest absolute Gasteiger partial charge is 0.217 e. The first-order chi connectivity index (χ1) is 13.2. The van der Waals surface area contributed by atoms with Crippen molar-refractivity contribution in [3.05, 3.63) is 35.4 Å². The summed E-state index contributed by atoms with van der Waals surface area (Å²) in [7, 11) is 0. The van der Waals surface area contributed by atoms with Crippen molar-refractivity contribution < 1.29 is 19.1 Å². The molecule has 0 unspecified atom stereocenters. The summed E-state index contributed by atoms with van der Waals surface area (Å²) in [5.41, 5.74) is 2.08. The lowest BCUT2D eigenvalue weighted by Crippen LogP contribution is -2.60. The molecule has 0 spiro atoms. The Morgan fingerprint density at radius 1 is 1.00 bits per heavy atom. The topological polar surface area (TPSA) is 64.6 Å². The lowest BCUT2D eigenvalue weighted by atomic mass is 9.91. The van der Waals surface area contributed by atoms with Crippen LogP contribution in [-0.2, 0) is 31.9 Å². The predicted octanol–water partition coefficient (Wildman–Crippen LogP) is 3.88. The number of ether oxygens (including phenoxy) is 2. The third-order valence-electron chi connectivity index (χ3n) is 4.91. The van der Waals surface area contributed by atoms with Crippen LogP contribution in [0.4, 0.5) is 0 Å². The van der Waals surface area contributed by atoms with E-state index in [1.807, 2.05) is 13.8 Å². The van der Waals surface area contributed by atoms with Crippen molar-refractivity contribution >= 4 is 22.8 Å². The van der Waals surface area contributed by atoms with Gasteiger partial charge in [-0.1, -0.05) is 36.0 Å². The Hall–Kier alpha value is -1.37. The van der Waals surface area contributed by atoms with Crippen molar-refractivity contribution in [2.75, 3.05) is 19.0 Å². The second-order valence-electron chi connectivity index (χ2n) is 8.05. The molecule has 0 atom stereocenters. The Morgan fingerprint density at radius 2 is 1.57 bits per heavy atom. The fourth-order valence-electron chi connectivity index (χ4n) is 3.26. The molecular formula is C22H33NO4S. The third-order valence-corrected chi connectivity index (χ3v) is 5.81. The van der Waals surface area contributed by atoms with Crippen molar-refractivity contribution in [1.29, 1.82) is 0 Å². The summed E-state index contributed by atoms with van der Waals surface area (Å²) in [5.74, 6) is 0.233. The highest BCUT2D eigenvalue weighted by Gasteiger charge is 2.40. The van der Waals surface area contributed by atoms with E-state index in [0.717, 1.165) is 37.9 Å². The average molecular weight is 408 g/mol. The molecule has 1 aliphatic heterocycles. The van der Waals surface area contributed by atoms with Gasteiger partial charge in [0.05, 0.1) is 18.8 Å². The minimum Gasteiger partial charge on any atom is -0.348 e. The lowest BCUT2D eigenvalue weighted by molar-refractivity contribution is -0.271. The van der Waals surface area contributed by atoms with Gasteiger partial charge in [0.1, 0.15) is 0 Å². The van der Waals surface area contributed by atoms with E-state index < -0.39 is 11.3 Å². The van der Waals surface area contributed by atoms with Crippen LogP contribution in [0.3, 0.4) is 0 Å². The Bertz CT molecular complexity index is 647. The maximum Gasteiger partial charge on any atom is 0.217 e. The van der Waals surface area contributed by atoms with Gasteiger partial charge >= 0.3 is 0 Å². The summed E-state index contributed by atoms with van der Waals surface area (Å²) >= 11 is 1.40. The van der Waals surface area contributed by atoms with Crippen LogP contribution < -0.4 is 5.32 Å². The van der Waals surface area contributed by atoms with Gasteiger partial charge in [-0.25, -0.2) is 0 Å². The number of hydrogen-bond donors (Lipinski definition) is 1. The number of aryl methyl sites for hydroxylation is 2. The van der Waals surface area contributed by atoms with Crippen molar-refractivity contribution in [2.45, 2.75) is 71.1 Å². The zero-order valence-electron chi connectivity index (χ0n) is 17.5. The highest BCUT2D eigenvalue weighted by Crippen LogP contribution is 2.27. The number of carbonyl (C=O) groups is 2. The number of hydrogen-bond acceptors (Lipinski definition) is 5. The number of carbonyl (C=O) groups excluding carboxylic acids is 2. The summed E-state index contributed by atoms with van der Waals surface area (Å²) in [6, 6.07) is 8.68. The first-order valence-corrected chi connectivity index (χ1v) is 11.0. The molecule has 5 nitrogen and oxygen atoms in total. The molecule has 28 heavy (non-hydrogen) atoms. The van der Waals surface area contributed by atoms with E-state index in [-0.39, 0.29) is 11.0 Å². The normalized spacial score (nSPS) is 17.9. The molecule has 1 N–H and O–H groups in total. The summed E-state index contributed by atoms with van der Waals surface area (Å²) in [4.78, 5) is 22.6. The maximum atomic E-state index is 11.7. The second-order valence-corrected chi connectivity index (χ2v) is 9.32. The van der Waals surface area contributed by atoms with Gasteiger partial charge in [0.15, 0.2) is 10.9 Å². The van der Waals surface area contributed by atoms with Gasteiger partial charge < -0.3 is 14.8 Å². The summed E-state index contributed by atoms with van der Waals surface area (Å²) in [5, 5.41) is 3.24. The lowest BCUT2D eigenvalue weighted by Gasteiger charge is -2.43. The number of thioether (sulfide) groups is 1. The van der Waals surface area contributed by atoms with Gasteiger partial charge in [-0.3, -0.25) is 9.59 Å². The fourth-order valence-corrected chi connectivity index (χ4v) is 3.90. The largest absolute Gasteiger partial charge is 0.348 e. The SMILES string of the molecule is CC(=O)NC1(CCc2ccc(CCCCSC(C)=O)cc2)COC(C)(C)OC1. The standard InChI is InChI=1S/C22H33NO4S/c1-17(24)23-22(15-26-21(3,4)27-16-22)13-12-20-10-8-19(9-11-20)7-5-6-14-28-18(2)25/h8-11H,5-7,12-16H2,1-4H3,(H,23,24). The van der Waals surface area contributed by atoms with E-state index in [9.17, 15) is 9.59 Å². The molecule has 0 bridgehead atoms. The van der Waals surface area contributed by atoms with E-state index in [1.54, 1.807) is 6.92 Å². The molecule has 1 amide bonds. The zero-order chi connectivity index (χ0) is 20.6. The van der Waals surface area contributed by atoms with Crippen LogP contribution in [0.5, 0.6) is 0 Å². The molecule has 1 saturated heterocycles. The monoisotopic (exact) mass is 407 g/mol. The molecule has 0 aliphatic carbocycles.